The van der Waals surface area contributed by atoms with Crippen molar-refractivity contribution in [1.29, 1.82) is 0 Å². The summed E-state index contributed by atoms with van der Waals surface area (Å²) in [5.41, 5.74) is 7.69. The molecule has 1 aromatic heterocycles. The van der Waals surface area contributed by atoms with Crippen molar-refractivity contribution in [3.63, 3.8) is 0 Å². The Morgan fingerprint density at radius 2 is 2.33 bits per heavy atom. The Hall–Kier alpha value is -1.49. The van der Waals surface area contributed by atoms with Crippen LogP contribution in [0.3, 0.4) is 0 Å². The largest absolute Gasteiger partial charge is 0.399 e. The van der Waals surface area contributed by atoms with E-state index in [2.05, 4.69) is 21.6 Å². The van der Waals surface area contributed by atoms with Gasteiger partial charge in [0.05, 0.1) is 5.75 Å². The Bertz CT molecular complexity index is 442. The van der Waals surface area contributed by atoms with E-state index in [1.165, 1.54) is 12.0 Å². The van der Waals surface area contributed by atoms with E-state index in [9.17, 15) is 0 Å². The Morgan fingerprint density at radius 1 is 1.47 bits per heavy atom. The summed E-state index contributed by atoms with van der Waals surface area (Å²) >= 11 is 1.65. The topological polar surface area (TPSA) is 64.9 Å². The average Bonchev–Trinajstić information content (AvgIpc) is 2.72. The number of anilines is 1. The summed E-state index contributed by atoms with van der Waals surface area (Å²) in [6.07, 6.45) is 1.34. The smallest absolute Gasteiger partial charge is 0.213 e. The van der Waals surface area contributed by atoms with Gasteiger partial charge in [-0.1, -0.05) is 11.2 Å². The van der Waals surface area contributed by atoms with E-state index >= 15 is 0 Å². The molecule has 0 saturated heterocycles. The molecule has 0 aliphatic heterocycles. The highest BCUT2D eigenvalue weighted by atomic mass is 32.2. The van der Waals surface area contributed by atoms with E-state index in [0.29, 0.717) is 11.6 Å². The standard InChI is InChI=1S/C10H11N3OS/c1-7-2-3-8(11)4-9(7)15-5-10-12-6-14-13-10/h2-4,6H,5,11H2,1H3. The first-order chi connectivity index (χ1) is 7.25. The van der Waals surface area contributed by atoms with Crippen LogP contribution in [0.25, 0.3) is 0 Å². The third-order valence-corrected chi connectivity index (χ3v) is 3.13. The SMILES string of the molecule is Cc1ccc(N)cc1SCc1ncon1. The lowest BCUT2D eigenvalue weighted by Gasteiger charge is -2.04. The first-order valence-electron chi connectivity index (χ1n) is 4.50. The van der Waals surface area contributed by atoms with Crippen molar-refractivity contribution < 1.29 is 4.52 Å². The average molecular weight is 221 g/mol. The van der Waals surface area contributed by atoms with E-state index in [1.54, 1.807) is 11.8 Å². The third kappa shape index (κ3) is 2.50. The number of nitrogen functional groups attached to an aromatic ring is 1. The van der Waals surface area contributed by atoms with Crippen molar-refractivity contribution in [2.45, 2.75) is 17.6 Å². The number of nitrogens with zero attached hydrogens (tertiary/aromatic N) is 2. The van der Waals surface area contributed by atoms with Crippen molar-refractivity contribution >= 4 is 17.4 Å². The van der Waals surface area contributed by atoms with Gasteiger partial charge in [-0.25, -0.2) is 0 Å². The summed E-state index contributed by atoms with van der Waals surface area (Å²) in [7, 11) is 0. The second-order valence-electron chi connectivity index (χ2n) is 3.16. The van der Waals surface area contributed by atoms with Crippen LogP contribution in [0.4, 0.5) is 5.69 Å². The maximum atomic E-state index is 5.71. The maximum absolute atomic E-state index is 5.71. The van der Waals surface area contributed by atoms with Crippen LogP contribution in [0.1, 0.15) is 11.4 Å². The minimum atomic E-state index is 0.695. The van der Waals surface area contributed by atoms with Crippen LogP contribution in [0.5, 0.6) is 0 Å². The second-order valence-corrected chi connectivity index (χ2v) is 4.18. The molecule has 0 unspecified atom stereocenters. The second kappa shape index (κ2) is 4.35. The highest BCUT2D eigenvalue weighted by Gasteiger charge is 2.03. The van der Waals surface area contributed by atoms with Gasteiger partial charge in [-0.05, 0) is 24.6 Å². The summed E-state index contributed by atoms with van der Waals surface area (Å²) in [5.74, 6) is 1.39. The lowest BCUT2D eigenvalue weighted by atomic mass is 10.2. The molecule has 0 atom stereocenters. The van der Waals surface area contributed by atoms with Crippen LogP contribution in [0, 0.1) is 6.92 Å². The zero-order chi connectivity index (χ0) is 10.7. The molecule has 2 aromatic rings. The fourth-order valence-electron chi connectivity index (χ4n) is 1.17. The van der Waals surface area contributed by atoms with Gasteiger partial charge in [0.15, 0.2) is 5.82 Å². The molecule has 15 heavy (non-hydrogen) atoms. The molecule has 5 heteroatoms. The van der Waals surface area contributed by atoms with Crippen LogP contribution in [0.15, 0.2) is 34.0 Å². The van der Waals surface area contributed by atoms with Gasteiger partial charge in [-0.3, -0.25) is 0 Å². The fourth-order valence-corrected chi connectivity index (χ4v) is 2.10. The van der Waals surface area contributed by atoms with Crippen LogP contribution >= 0.6 is 11.8 Å². The van der Waals surface area contributed by atoms with Gasteiger partial charge >= 0.3 is 0 Å². The summed E-state index contributed by atoms with van der Waals surface area (Å²) in [5, 5.41) is 3.75. The highest BCUT2D eigenvalue weighted by molar-refractivity contribution is 7.98. The Kier molecular flexibility index (Phi) is 2.91. The van der Waals surface area contributed by atoms with Gasteiger partial charge in [0.25, 0.3) is 0 Å². The number of hydrogen-bond acceptors (Lipinski definition) is 5. The first-order valence-corrected chi connectivity index (χ1v) is 5.48. The minimum absolute atomic E-state index is 0.695. The lowest BCUT2D eigenvalue weighted by molar-refractivity contribution is 0.412. The monoisotopic (exact) mass is 221 g/mol. The third-order valence-electron chi connectivity index (χ3n) is 1.98. The number of thioether (sulfide) groups is 1. The molecule has 1 heterocycles. The maximum Gasteiger partial charge on any atom is 0.213 e. The van der Waals surface area contributed by atoms with Crippen LogP contribution in [-0.2, 0) is 5.75 Å². The van der Waals surface area contributed by atoms with Gasteiger partial charge in [0.2, 0.25) is 6.39 Å². The molecule has 0 fully saturated rings. The van der Waals surface area contributed by atoms with Crippen molar-refractivity contribution in [3.8, 4) is 0 Å². The number of benzene rings is 1. The number of hydrogen-bond donors (Lipinski definition) is 1. The van der Waals surface area contributed by atoms with Gasteiger partial charge < -0.3 is 10.3 Å². The highest BCUT2D eigenvalue weighted by Crippen LogP contribution is 2.26. The molecule has 0 saturated carbocycles. The van der Waals surface area contributed by atoms with Crippen molar-refractivity contribution in [1.82, 2.24) is 10.1 Å². The van der Waals surface area contributed by atoms with E-state index in [1.807, 2.05) is 18.2 Å². The van der Waals surface area contributed by atoms with Crippen molar-refractivity contribution in [3.05, 3.63) is 36.0 Å². The van der Waals surface area contributed by atoms with Crippen molar-refractivity contribution in [2.75, 3.05) is 5.73 Å². The molecule has 0 aliphatic rings. The minimum Gasteiger partial charge on any atom is -0.399 e. The summed E-state index contributed by atoms with van der Waals surface area (Å²) in [4.78, 5) is 5.11. The molecule has 1 aromatic carbocycles. The lowest BCUT2D eigenvalue weighted by Crippen LogP contribution is -1.89. The van der Waals surface area contributed by atoms with Crippen LogP contribution in [0.2, 0.25) is 0 Å². The van der Waals surface area contributed by atoms with E-state index in [-0.39, 0.29) is 0 Å². The zero-order valence-electron chi connectivity index (χ0n) is 8.30. The van der Waals surface area contributed by atoms with Gasteiger partial charge in [0.1, 0.15) is 0 Å². The summed E-state index contributed by atoms with van der Waals surface area (Å²) in [6.45, 7) is 2.05. The molecule has 0 spiro atoms. The Labute approximate surface area is 91.9 Å². The predicted molar refractivity (Wildman–Crippen MR) is 59.5 cm³/mol. The molecule has 78 valence electrons. The molecule has 2 rings (SSSR count). The molecule has 2 N–H and O–H groups in total. The van der Waals surface area contributed by atoms with Crippen molar-refractivity contribution in [2.24, 2.45) is 0 Å². The quantitative estimate of drug-likeness (QED) is 0.636. The van der Waals surface area contributed by atoms with E-state index in [4.69, 9.17) is 5.73 Å². The number of aryl methyl sites for hydroxylation is 1. The Morgan fingerprint density at radius 3 is 3.07 bits per heavy atom. The van der Waals surface area contributed by atoms with Crippen LogP contribution in [-0.4, -0.2) is 10.1 Å². The Balaban J connectivity index is 2.07. The molecule has 0 bridgehead atoms. The van der Waals surface area contributed by atoms with Gasteiger partial charge in [-0.2, -0.15) is 4.98 Å². The summed E-state index contributed by atoms with van der Waals surface area (Å²) < 4.78 is 4.66. The van der Waals surface area contributed by atoms with Gasteiger partial charge in [-0.15, -0.1) is 11.8 Å². The fraction of sp³-hybridized carbons (Fsp3) is 0.200. The molecule has 0 aliphatic carbocycles. The van der Waals surface area contributed by atoms with Gasteiger partial charge in [0, 0.05) is 10.6 Å². The number of nitrogens with two attached hydrogens (primary N) is 1. The predicted octanol–water partition coefficient (Wildman–Crippen LogP) is 2.25. The molecule has 0 amide bonds. The van der Waals surface area contributed by atoms with E-state index < -0.39 is 0 Å². The molecular weight excluding hydrogens is 210 g/mol. The molecular formula is C10H11N3OS. The normalized spacial score (nSPS) is 10.5. The molecule has 4 nitrogen and oxygen atoms in total. The number of aromatic nitrogens is 2. The van der Waals surface area contributed by atoms with E-state index in [0.717, 1.165) is 10.6 Å². The zero-order valence-corrected chi connectivity index (χ0v) is 9.12. The number of rotatable bonds is 3. The summed E-state index contributed by atoms with van der Waals surface area (Å²) in [6, 6.07) is 5.86. The van der Waals surface area contributed by atoms with Crippen LogP contribution < -0.4 is 5.73 Å². The molecule has 0 radical (unpaired) electrons. The first kappa shape index (κ1) is 10.0.